The molecule has 1 fully saturated rings. The molecule has 0 unspecified atom stereocenters. The Bertz CT molecular complexity index is 697. The number of hydrogen-bond acceptors (Lipinski definition) is 5. The van der Waals surface area contributed by atoms with Gasteiger partial charge in [0.05, 0.1) is 14.2 Å². The van der Waals surface area contributed by atoms with E-state index in [0.717, 1.165) is 12.8 Å². The highest BCUT2D eigenvalue weighted by Crippen LogP contribution is 2.31. The summed E-state index contributed by atoms with van der Waals surface area (Å²) in [4.78, 5) is 13.9. The van der Waals surface area contributed by atoms with Crippen molar-refractivity contribution in [3.8, 4) is 11.5 Å². The summed E-state index contributed by atoms with van der Waals surface area (Å²) in [5.74, 6) is 0.827. The van der Waals surface area contributed by atoms with Crippen molar-refractivity contribution in [1.29, 1.82) is 0 Å². The molecule has 25 heavy (non-hydrogen) atoms. The van der Waals surface area contributed by atoms with Crippen LogP contribution in [0.4, 0.5) is 0 Å². The molecule has 0 radical (unpaired) electrons. The van der Waals surface area contributed by atoms with Crippen molar-refractivity contribution in [1.82, 2.24) is 9.21 Å². The van der Waals surface area contributed by atoms with Crippen molar-refractivity contribution in [2.24, 2.45) is 0 Å². The monoisotopic (exact) mass is 370 g/mol. The van der Waals surface area contributed by atoms with Gasteiger partial charge in [-0.05, 0) is 18.6 Å². The third-order valence-electron chi connectivity index (χ3n) is 4.32. The Morgan fingerprint density at radius 2 is 1.80 bits per heavy atom. The molecule has 1 aromatic carbocycles. The van der Waals surface area contributed by atoms with Crippen molar-refractivity contribution in [3.63, 3.8) is 0 Å². The molecule has 0 aliphatic carbocycles. The molecule has 1 heterocycles. The van der Waals surface area contributed by atoms with Crippen molar-refractivity contribution < 1.29 is 22.7 Å². The molecular formula is C17H26N2O5S. The van der Waals surface area contributed by atoms with E-state index in [0.29, 0.717) is 25.3 Å². The molecule has 140 valence electrons. The fourth-order valence-electron chi connectivity index (χ4n) is 2.79. The minimum absolute atomic E-state index is 0.0834. The van der Waals surface area contributed by atoms with Crippen LogP contribution >= 0.6 is 0 Å². The first kappa shape index (κ1) is 19.5. The zero-order valence-electron chi connectivity index (χ0n) is 15.0. The van der Waals surface area contributed by atoms with Crippen LogP contribution < -0.4 is 9.47 Å². The highest BCUT2D eigenvalue weighted by Gasteiger charge is 2.32. The number of methoxy groups -OCH3 is 2. The maximum absolute atomic E-state index is 13.0. The lowest BCUT2D eigenvalue weighted by atomic mass is 10.2. The third-order valence-corrected chi connectivity index (χ3v) is 6.24. The predicted octanol–water partition coefficient (Wildman–Crippen LogP) is 1.73. The molecule has 0 atom stereocenters. The maximum Gasteiger partial charge on any atom is 0.247 e. The standard InChI is InChI=1S/C17H26N2O5S/c1-4-5-6-17(20)18-9-11-19(12-10-18)25(21,22)16-13-14(23-2)7-8-15(16)24-3/h7-8,13H,4-6,9-12H2,1-3H3. The molecule has 8 heteroatoms. The number of carbonyl (C=O) groups excluding carboxylic acids is 1. The van der Waals surface area contributed by atoms with Gasteiger partial charge in [0.25, 0.3) is 0 Å². The zero-order valence-corrected chi connectivity index (χ0v) is 15.8. The second-order valence-corrected chi connectivity index (χ2v) is 7.81. The number of piperazine rings is 1. The van der Waals surface area contributed by atoms with Gasteiger partial charge in [-0.3, -0.25) is 4.79 Å². The largest absolute Gasteiger partial charge is 0.497 e. The summed E-state index contributed by atoms with van der Waals surface area (Å²) in [5.41, 5.74) is 0. The summed E-state index contributed by atoms with van der Waals surface area (Å²) < 4.78 is 37.7. The molecule has 1 saturated heterocycles. The van der Waals surface area contributed by atoms with Gasteiger partial charge in [0, 0.05) is 38.7 Å². The van der Waals surface area contributed by atoms with Gasteiger partial charge in [0.2, 0.25) is 15.9 Å². The van der Waals surface area contributed by atoms with Gasteiger partial charge in [0.1, 0.15) is 16.4 Å². The number of sulfonamides is 1. The average Bonchev–Trinajstić information content (AvgIpc) is 2.65. The molecule has 2 rings (SSSR count). The van der Waals surface area contributed by atoms with Crippen molar-refractivity contribution in [2.75, 3.05) is 40.4 Å². The van der Waals surface area contributed by atoms with Crippen LogP contribution in [0.1, 0.15) is 26.2 Å². The third kappa shape index (κ3) is 4.43. The molecule has 1 aliphatic heterocycles. The number of ether oxygens (including phenoxy) is 2. The smallest absolute Gasteiger partial charge is 0.247 e. The number of amides is 1. The van der Waals surface area contributed by atoms with E-state index in [1.807, 2.05) is 6.92 Å². The molecule has 0 saturated carbocycles. The van der Waals surface area contributed by atoms with E-state index in [4.69, 9.17) is 9.47 Å². The maximum atomic E-state index is 13.0. The molecule has 0 aromatic heterocycles. The summed E-state index contributed by atoms with van der Waals surface area (Å²) in [6.45, 7) is 3.42. The first-order valence-electron chi connectivity index (χ1n) is 8.44. The van der Waals surface area contributed by atoms with Gasteiger partial charge in [-0.2, -0.15) is 4.31 Å². The van der Waals surface area contributed by atoms with E-state index in [2.05, 4.69) is 0 Å². The van der Waals surface area contributed by atoms with Crippen LogP contribution in [-0.4, -0.2) is 63.9 Å². The SMILES string of the molecule is CCCCC(=O)N1CCN(S(=O)(=O)c2cc(OC)ccc2OC)CC1. The van der Waals surface area contributed by atoms with E-state index < -0.39 is 10.0 Å². The van der Waals surface area contributed by atoms with E-state index in [1.165, 1.54) is 24.6 Å². The molecule has 0 bridgehead atoms. The van der Waals surface area contributed by atoms with Crippen LogP contribution in [0.3, 0.4) is 0 Å². The van der Waals surface area contributed by atoms with Crippen molar-refractivity contribution in [3.05, 3.63) is 18.2 Å². The molecule has 0 N–H and O–H groups in total. The zero-order chi connectivity index (χ0) is 18.4. The molecule has 1 aromatic rings. The first-order valence-corrected chi connectivity index (χ1v) is 9.88. The summed E-state index contributed by atoms with van der Waals surface area (Å²) in [7, 11) is -0.792. The van der Waals surface area contributed by atoms with E-state index in [-0.39, 0.29) is 29.6 Å². The minimum atomic E-state index is -3.71. The number of rotatable bonds is 7. The minimum Gasteiger partial charge on any atom is -0.497 e. The number of hydrogen-bond donors (Lipinski definition) is 0. The molecule has 7 nitrogen and oxygen atoms in total. The van der Waals surface area contributed by atoms with Gasteiger partial charge in [-0.25, -0.2) is 8.42 Å². The Kier molecular flexibility index (Phi) is 6.66. The number of nitrogens with zero attached hydrogens (tertiary/aromatic N) is 2. The van der Waals surface area contributed by atoms with E-state index in [1.54, 1.807) is 17.0 Å². The number of unbranched alkanes of at least 4 members (excludes halogenated alkanes) is 1. The molecule has 1 amide bonds. The van der Waals surface area contributed by atoms with Crippen LogP contribution in [-0.2, 0) is 14.8 Å². The normalized spacial score (nSPS) is 15.9. The predicted molar refractivity (Wildman–Crippen MR) is 94.4 cm³/mol. The van der Waals surface area contributed by atoms with Gasteiger partial charge >= 0.3 is 0 Å². The number of carbonyl (C=O) groups is 1. The topological polar surface area (TPSA) is 76.2 Å². The number of benzene rings is 1. The fraction of sp³-hybridized carbons (Fsp3) is 0.588. The van der Waals surface area contributed by atoms with Crippen LogP contribution in [0.15, 0.2) is 23.1 Å². The summed E-state index contributed by atoms with van der Waals surface area (Å²) >= 11 is 0. The van der Waals surface area contributed by atoms with Crippen LogP contribution in [0.2, 0.25) is 0 Å². The van der Waals surface area contributed by atoms with Gasteiger partial charge in [-0.15, -0.1) is 0 Å². The van der Waals surface area contributed by atoms with Crippen molar-refractivity contribution in [2.45, 2.75) is 31.1 Å². The Labute approximate surface area is 149 Å². The Morgan fingerprint density at radius 3 is 2.36 bits per heavy atom. The van der Waals surface area contributed by atoms with Gasteiger partial charge in [-0.1, -0.05) is 13.3 Å². The first-order chi connectivity index (χ1) is 11.9. The van der Waals surface area contributed by atoms with E-state index in [9.17, 15) is 13.2 Å². The lowest BCUT2D eigenvalue weighted by Gasteiger charge is -2.34. The van der Waals surface area contributed by atoms with E-state index >= 15 is 0 Å². The van der Waals surface area contributed by atoms with Crippen LogP contribution in [0.5, 0.6) is 11.5 Å². The highest BCUT2D eigenvalue weighted by molar-refractivity contribution is 7.89. The molecule has 1 aliphatic rings. The summed E-state index contributed by atoms with van der Waals surface area (Å²) in [6.07, 6.45) is 2.35. The fourth-order valence-corrected chi connectivity index (χ4v) is 4.38. The Morgan fingerprint density at radius 1 is 1.12 bits per heavy atom. The van der Waals surface area contributed by atoms with Gasteiger partial charge < -0.3 is 14.4 Å². The lowest BCUT2D eigenvalue weighted by molar-refractivity contribution is -0.132. The van der Waals surface area contributed by atoms with Crippen LogP contribution in [0.25, 0.3) is 0 Å². The van der Waals surface area contributed by atoms with Crippen LogP contribution in [0, 0.1) is 0 Å². The molecule has 0 spiro atoms. The second kappa shape index (κ2) is 8.53. The Balaban J connectivity index is 2.13. The Hall–Kier alpha value is -1.80. The average molecular weight is 370 g/mol. The summed E-state index contributed by atoms with van der Waals surface area (Å²) in [6, 6.07) is 4.70. The highest BCUT2D eigenvalue weighted by atomic mass is 32.2. The quantitative estimate of drug-likeness (QED) is 0.731. The van der Waals surface area contributed by atoms with Crippen molar-refractivity contribution >= 4 is 15.9 Å². The summed E-state index contributed by atoms with van der Waals surface area (Å²) in [5, 5.41) is 0. The van der Waals surface area contributed by atoms with Gasteiger partial charge in [0.15, 0.2) is 0 Å². The second-order valence-electron chi connectivity index (χ2n) is 5.91. The lowest BCUT2D eigenvalue weighted by Crippen LogP contribution is -2.50. The molecular weight excluding hydrogens is 344 g/mol.